The molecular formula is C17H20O6S. The third-order valence-electron chi connectivity index (χ3n) is 5.60. The fourth-order valence-electron chi connectivity index (χ4n) is 4.52. The first-order valence-corrected chi connectivity index (χ1v) is 9.30. The van der Waals surface area contributed by atoms with E-state index in [1.165, 1.54) is 18.7 Å². The van der Waals surface area contributed by atoms with E-state index in [1.54, 1.807) is 6.08 Å². The maximum atomic E-state index is 12.9. The summed E-state index contributed by atoms with van der Waals surface area (Å²) >= 11 is 1.52. The van der Waals surface area contributed by atoms with Gasteiger partial charge < -0.3 is 14.2 Å². The van der Waals surface area contributed by atoms with Crippen LogP contribution in [0.2, 0.25) is 0 Å². The van der Waals surface area contributed by atoms with E-state index in [0.29, 0.717) is 0 Å². The van der Waals surface area contributed by atoms with E-state index in [9.17, 15) is 14.4 Å². The van der Waals surface area contributed by atoms with Gasteiger partial charge in [-0.2, -0.15) is 0 Å². The van der Waals surface area contributed by atoms with Gasteiger partial charge in [0.25, 0.3) is 0 Å². The first kappa shape index (κ1) is 16.0. The van der Waals surface area contributed by atoms with E-state index in [1.807, 2.05) is 0 Å². The van der Waals surface area contributed by atoms with Crippen molar-refractivity contribution in [3.05, 3.63) is 12.7 Å². The van der Waals surface area contributed by atoms with Crippen LogP contribution in [0.1, 0.15) is 32.6 Å². The molecule has 6 nitrogen and oxygen atoms in total. The van der Waals surface area contributed by atoms with Crippen molar-refractivity contribution in [1.29, 1.82) is 0 Å². The normalized spacial score (nSPS) is 41.1. The van der Waals surface area contributed by atoms with Gasteiger partial charge in [0.15, 0.2) is 12.2 Å². The van der Waals surface area contributed by atoms with Gasteiger partial charge in [0.1, 0.15) is 5.60 Å². The Hall–Kier alpha value is -1.50. The lowest BCUT2D eigenvalue weighted by molar-refractivity contribution is -0.166. The molecule has 0 spiro atoms. The third kappa shape index (κ3) is 2.20. The molecule has 4 fully saturated rings. The van der Waals surface area contributed by atoms with Crippen LogP contribution in [0.25, 0.3) is 0 Å². The predicted octanol–water partition coefficient (Wildman–Crippen LogP) is 1.62. The topological polar surface area (TPSA) is 78.9 Å². The van der Waals surface area contributed by atoms with Crippen molar-refractivity contribution in [1.82, 2.24) is 0 Å². The number of hydrogen-bond acceptors (Lipinski definition) is 7. The monoisotopic (exact) mass is 352 g/mol. The van der Waals surface area contributed by atoms with Crippen LogP contribution < -0.4 is 0 Å². The molecular weight excluding hydrogens is 332 g/mol. The maximum absolute atomic E-state index is 12.9. The van der Waals surface area contributed by atoms with Crippen LogP contribution in [0.4, 0.5) is 0 Å². The van der Waals surface area contributed by atoms with Crippen molar-refractivity contribution in [2.45, 2.75) is 60.9 Å². The van der Waals surface area contributed by atoms with E-state index in [4.69, 9.17) is 14.2 Å². The Kier molecular flexibility index (Phi) is 3.67. The number of carbonyl (C=O) groups excluding carboxylic acids is 3. The summed E-state index contributed by atoms with van der Waals surface area (Å²) in [6, 6.07) is 0. The van der Waals surface area contributed by atoms with Crippen molar-refractivity contribution in [2.75, 3.05) is 0 Å². The molecule has 1 saturated carbocycles. The van der Waals surface area contributed by atoms with Crippen molar-refractivity contribution < 1.29 is 28.6 Å². The number of ether oxygens (including phenoxy) is 3. The Morgan fingerprint density at radius 1 is 1.33 bits per heavy atom. The third-order valence-corrected chi connectivity index (χ3v) is 7.36. The Morgan fingerprint density at radius 2 is 2.04 bits per heavy atom. The van der Waals surface area contributed by atoms with Gasteiger partial charge in [-0.05, 0) is 31.8 Å². The minimum atomic E-state index is -0.623. The summed E-state index contributed by atoms with van der Waals surface area (Å²) in [4.78, 5) is 36.5. The highest BCUT2D eigenvalue weighted by molar-refractivity contribution is 8.01. The summed E-state index contributed by atoms with van der Waals surface area (Å²) < 4.78 is 16.6. The van der Waals surface area contributed by atoms with Gasteiger partial charge in [-0.15, -0.1) is 11.8 Å². The predicted molar refractivity (Wildman–Crippen MR) is 85.1 cm³/mol. The van der Waals surface area contributed by atoms with Crippen LogP contribution in [-0.2, 0) is 28.6 Å². The van der Waals surface area contributed by atoms with Gasteiger partial charge in [0.2, 0.25) is 0 Å². The second-order valence-electron chi connectivity index (χ2n) is 6.99. The smallest absolute Gasteiger partial charge is 0.312 e. The van der Waals surface area contributed by atoms with Crippen LogP contribution >= 0.6 is 11.8 Å². The first-order valence-electron chi connectivity index (χ1n) is 8.35. The molecule has 2 bridgehead atoms. The van der Waals surface area contributed by atoms with Gasteiger partial charge >= 0.3 is 17.9 Å². The maximum Gasteiger partial charge on any atom is 0.312 e. The fourth-order valence-corrected chi connectivity index (χ4v) is 6.51. The summed E-state index contributed by atoms with van der Waals surface area (Å²) in [6.45, 7) is 5.14. The summed E-state index contributed by atoms with van der Waals surface area (Å²) in [7, 11) is 0. The van der Waals surface area contributed by atoms with Crippen LogP contribution in [0.15, 0.2) is 12.7 Å². The van der Waals surface area contributed by atoms with Gasteiger partial charge in [0, 0.05) is 6.92 Å². The highest BCUT2D eigenvalue weighted by Crippen LogP contribution is 2.59. The molecule has 0 radical (unpaired) electrons. The van der Waals surface area contributed by atoms with E-state index >= 15 is 0 Å². The van der Waals surface area contributed by atoms with E-state index in [-0.39, 0.29) is 16.5 Å². The standard InChI is InChI=1S/C17H20O6S/c1-3-17(6-4-5-7-17)23-16(20)10-9-13-12(22-15(9)19)11(14(10)24-13)21-8(2)18/h3,9-14H,1,4-7H2,2H3. The van der Waals surface area contributed by atoms with E-state index < -0.39 is 41.6 Å². The molecule has 6 atom stereocenters. The second-order valence-corrected chi connectivity index (χ2v) is 8.35. The lowest BCUT2D eigenvalue weighted by atomic mass is 9.78. The van der Waals surface area contributed by atoms with Crippen molar-refractivity contribution in [3.8, 4) is 0 Å². The van der Waals surface area contributed by atoms with Gasteiger partial charge in [-0.3, -0.25) is 14.4 Å². The summed E-state index contributed by atoms with van der Waals surface area (Å²) in [5.41, 5.74) is -0.623. The molecule has 3 aliphatic heterocycles. The van der Waals surface area contributed by atoms with Crippen molar-refractivity contribution in [2.24, 2.45) is 11.8 Å². The molecule has 0 amide bonds. The zero-order valence-corrected chi connectivity index (χ0v) is 14.3. The number of hydrogen-bond donors (Lipinski definition) is 0. The second kappa shape index (κ2) is 5.51. The quantitative estimate of drug-likeness (QED) is 0.432. The molecule has 7 heteroatoms. The number of esters is 3. The molecule has 0 aromatic heterocycles. The number of rotatable bonds is 4. The number of thioether (sulfide) groups is 1. The molecule has 1 aliphatic carbocycles. The Bertz CT molecular complexity index is 610. The minimum Gasteiger partial charge on any atom is -0.457 e. The molecule has 3 heterocycles. The highest BCUT2D eigenvalue weighted by Gasteiger charge is 2.71. The van der Waals surface area contributed by atoms with Gasteiger partial charge in [-0.25, -0.2) is 0 Å². The lowest BCUT2D eigenvalue weighted by Gasteiger charge is -2.32. The molecule has 0 aromatic rings. The average molecular weight is 352 g/mol. The van der Waals surface area contributed by atoms with Crippen molar-refractivity contribution in [3.63, 3.8) is 0 Å². The fraction of sp³-hybridized carbons (Fsp3) is 0.706. The first-order chi connectivity index (χ1) is 11.5. The van der Waals surface area contributed by atoms with Crippen LogP contribution in [0, 0.1) is 11.8 Å². The zero-order valence-electron chi connectivity index (χ0n) is 13.4. The lowest BCUT2D eigenvalue weighted by Crippen LogP contribution is -2.49. The van der Waals surface area contributed by atoms with Gasteiger partial charge in [0.05, 0.1) is 22.3 Å². The highest BCUT2D eigenvalue weighted by atomic mass is 32.2. The van der Waals surface area contributed by atoms with E-state index in [2.05, 4.69) is 6.58 Å². The molecule has 4 rings (SSSR count). The van der Waals surface area contributed by atoms with Crippen LogP contribution in [0.5, 0.6) is 0 Å². The Balaban J connectivity index is 1.58. The molecule has 6 unspecified atom stereocenters. The minimum absolute atomic E-state index is 0.132. The van der Waals surface area contributed by atoms with Crippen LogP contribution in [0.3, 0.4) is 0 Å². The van der Waals surface area contributed by atoms with Crippen LogP contribution in [-0.4, -0.2) is 46.2 Å². The Morgan fingerprint density at radius 3 is 2.67 bits per heavy atom. The Labute approximate surface area is 144 Å². The molecule has 3 saturated heterocycles. The number of carbonyl (C=O) groups is 3. The SMILES string of the molecule is C=CC1(OC(=O)C2C3SC4C(OC(=O)C42)C3OC(C)=O)CCCC1. The molecule has 4 aliphatic rings. The molecule has 0 aromatic carbocycles. The zero-order chi connectivity index (χ0) is 17.1. The molecule has 0 N–H and O–H groups in total. The average Bonchev–Trinajstić information content (AvgIpc) is 3.24. The summed E-state index contributed by atoms with van der Waals surface area (Å²) in [5, 5.41) is -0.413. The van der Waals surface area contributed by atoms with Gasteiger partial charge in [-0.1, -0.05) is 6.58 Å². The summed E-state index contributed by atoms with van der Waals surface area (Å²) in [5.74, 6) is -2.31. The summed E-state index contributed by atoms with van der Waals surface area (Å²) in [6.07, 6.45) is 4.22. The molecule has 24 heavy (non-hydrogen) atoms. The number of fused-ring (bicyclic) bond motifs is 1. The largest absolute Gasteiger partial charge is 0.457 e. The molecule has 130 valence electrons. The van der Waals surface area contributed by atoms with Crippen molar-refractivity contribution >= 4 is 29.7 Å². The van der Waals surface area contributed by atoms with E-state index in [0.717, 1.165) is 25.7 Å².